The van der Waals surface area contributed by atoms with Crippen LogP contribution in [0, 0.1) is 0 Å². The zero-order valence-corrected chi connectivity index (χ0v) is 15.0. The second kappa shape index (κ2) is 7.49. The summed E-state index contributed by atoms with van der Waals surface area (Å²) in [7, 11) is -3.79. The Hall–Kier alpha value is -3.11. The van der Waals surface area contributed by atoms with Gasteiger partial charge in [-0.3, -0.25) is 5.43 Å². The molecule has 0 aliphatic rings. The number of nitrogens with one attached hydrogen (secondary N) is 1. The molecule has 1 heterocycles. The number of sulfonamides is 1. The summed E-state index contributed by atoms with van der Waals surface area (Å²) in [6.45, 7) is 0. The normalized spacial score (nSPS) is 12.4. The number of nitrogens with two attached hydrogens (primary N) is 1. The standard InChI is InChI=1S/C18H14F3N3O3S/c19-18(20,21)15-3-1-2-4-16(15)24-23-11-13-7-10-17(27-13)12-5-8-14(9-6-12)28(22,25)26/h1-11,24H,(H2,22,25,26)/b23-11-. The van der Waals surface area contributed by atoms with Crippen molar-refractivity contribution in [3.05, 3.63) is 72.0 Å². The Bertz CT molecular complexity index is 1100. The first-order valence-electron chi connectivity index (χ1n) is 7.83. The van der Waals surface area contributed by atoms with E-state index in [0.29, 0.717) is 17.1 Å². The van der Waals surface area contributed by atoms with Crippen molar-refractivity contribution < 1.29 is 26.0 Å². The van der Waals surface area contributed by atoms with Gasteiger partial charge in [0, 0.05) is 5.56 Å². The van der Waals surface area contributed by atoms with E-state index in [1.54, 1.807) is 12.1 Å². The second-order valence-corrected chi connectivity index (χ2v) is 7.25. The molecule has 10 heteroatoms. The molecule has 0 aliphatic heterocycles. The van der Waals surface area contributed by atoms with E-state index in [-0.39, 0.29) is 10.6 Å². The number of para-hydroxylation sites is 1. The molecule has 0 radical (unpaired) electrons. The van der Waals surface area contributed by atoms with Crippen LogP contribution >= 0.6 is 0 Å². The average molecular weight is 409 g/mol. The molecule has 0 fully saturated rings. The number of alkyl halides is 3. The fourth-order valence-corrected chi connectivity index (χ4v) is 2.89. The van der Waals surface area contributed by atoms with Crippen molar-refractivity contribution in [1.29, 1.82) is 0 Å². The van der Waals surface area contributed by atoms with Crippen LogP contribution in [0.3, 0.4) is 0 Å². The number of hydrogen-bond acceptors (Lipinski definition) is 5. The molecule has 0 saturated heterocycles. The Balaban J connectivity index is 1.74. The number of benzene rings is 2. The number of hydrazone groups is 1. The summed E-state index contributed by atoms with van der Waals surface area (Å²) in [5.74, 6) is 0.723. The van der Waals surface area contributed by atoms with Gasteiger partial charge >= 0.3 is 6.18 Å². The maximum absolute atomic E-state index is 12.9. The molecule has 28 heavy (non-hydrogen) atoms. The van der Waals surface area contributed by atoms with Gasteiger partial charge in [0.15, 0.2) is 0 Å². The summed E-state index contributed by atoms with van der Waals surface area (Å²) in [6, 6.07) is 13.9. The monoisotopic (exact) mass is 409 g/mol. The molecule has 146 valence electrons. The molecule has 0 amide bonds. The number of anilines is 1. The summed E-state index contributed by atoms with van der Waals surface area (Å²) in [5, 5.41) is 8.82. The number of halogens is 3. The molecule has 0 unspecified atom stereocenters. The third-order valence-electron chi connectivity index (χ3n) is 3.70. The molecule has 0 saturated carbocycles. The van der Waals surface area contributed by atoms with Gasteiger partial charge in [0.2, 0.25) is 10.0 Å². The smallest absolute Gasteiger partial charge is 0.418 e. The molecular formula is C18H14F3N3O3S. The summed E-state index contributed by atoms with van der Waals surface area (Å²) in [4.78, 5) is -0.0304. The zero-order valence-electron chi connectivity index (χ0n) is 14.1. The van der Waals surface area contributed by atoms with Crippen molar-refractivity contribution in [2.24, 2.45) is 10.2 Å². The quantitative estimate of drug-likeness (QED) is 0.491. The first kappa shape index (κ1) is 19.6. The minimum Gasteiger partial charge on any atom is -0.455 e. The number of hydrogen-bond donors (Lipinski definition) is 2. The molecule has 3 rings (SSSR count). The molecule has 1 aromatic heterocycles. The summed E-state index contributed by atoms with van der Waals surface area (Å²) < 4.78 is 66.9. The lowest BCUT2D eigenvalue weighted by Crippen LogP contribution is -2.11. The summed E-state index contributed by atoms with van der Waals surface area (Å²) in [5.41, 5.74) is 1.93. The molecule has 3 N–H and O–H groups in total. The van der Waals surface area contributed by atoms with Gasteiger partial charge in [-0.1, -0.05) is 12.1 Å². The van der Waals surface area contributed by atoms with Gasteiger partial charge < -0.3 is 4.42 Å². The van der Waals surface area contributed by atoms with E-state index in [0.717, 1.165) is 6.07 Å². The van der Waals surface area contributed by atoms with E-state index in [4.69, 9.17) is 9.56 Å². The van der Waals surface area contributed by atoms with E-state index in [2.05, 4.69) is 10.5 Å². The highest BCUT2D eigenvalue weighted by Crippen LogP contribution is 2.34. The van der Waals surface area contributed by atoms with Crippen molar-refractivity contribution in [2.45, 2.75) is 11.1 Å². The predicted molar refractivity (Wildman–Crippen MR) is 98.2 cm³/mol. The van der Waals surface area contributed by atoms with Gasteiger partial charge in [-0.25, -0.2) is 13.6 Å². The van der Waals surface area contributed by atoms with Crippen LogP contribution in [0.4, 0.5) is 18.9 Å². The number of primary sulfonamides is 1. The summed E-state index contributed by atoms with van der Waals surface area (Å²) in [6.07, 6.45) is -3.27. The number of furan rings is 1. The molecular weight excluding hydrogens is 395 g/mol. The molecule has 0 atom stereocenters. The molecule has 6 nitrogen and oxygen atoms in total. The van der Waals surface area contributed by atoms with Gasteiger partial charge in [0.25, 0.3) is 0 Å². The largest absolute Gasteiger partial charge is 0.455 e. The highest BCUT2D eigenvalue weighted by Gasteiger charge is 2.33. The maximum Gasteiger partial charge on any atom is 0.418 e. The lowest BCUT2D eigenvalue weighted by molar-refractivity contribution is -0.136. The lowest BCUT2D eigenvalue weighted by Gasteiger charge is -2.11. The van der Waals surface area contributed by atoms with Crippen molar-refractivity contribution in [1.82, 2.24) is 0 Å². The van der Waals surface area contributed by atoms with E-state index < -0.39 is 21.8 Å². The van der Waals surface area contributed by atoms with Crippen LogP contribution in [0.15, 0.2) is 75.1 Å². The third kappa shape index (κ3) is 4.59. The zero-order chi connectivity index (χ0) is 20.4. The van der Waals surface area contributed by atoms with Crippen LogP contribution in [-0.2, 0) is 16.2 Å². The summed E-state index contributed by atoms with van der Waals surface area (Å²) >= 11 is 0. The third-order valence-corrected chi connectivity index (χ3v) is 4.63. The average Bonchev–Trinajstić information content (AvgIpc) is 3.10. The molecule has 0 aliphatic carbocycles. The minimum atomic E-state index is -4.50. The Morgan fingerprint density at radius 1 is 1.00 bits per heavy atom. The highest BCUT2D eigenvalue weighted by molar-refractivity contribution is 7.89. The van der Waals surface area contributed by atoms with Gasteiger partial charge in [0.1, 0.15) is 11.5 Å². The van der Waals surface area contributed by atoms with Gasteiger partial charge in [-0.2, -0.15) is 18.3 Å². The predicted octanol–water partition coefficient (Wildman–Crippen LogP) is 4.06. The molecule has 3 aromatic rings. The minimum absolute atomic E-state index is 0.0304. The van der Waals surface area contributed by atoms with Crippen molar-refractivity contribution in [3.63, 3.8) is 0 Å². The maximum atomic E-state index is 12.9. The number of nitrogens with zero attached hydrogens (tertiary/aromatic N) is 1. The van der Waals surface area contributed by atoms with Crippen LogP contribution in [0.25, 0.3) is 11.3 Å². The molecule has 2 aromatic carbocycles. The van der Waals surface area contributed by atoms with Crippen LogP contribution in [0.1, 0.15) is 11.3 Å². The Morgan fingerprint density at radius 2 is 1.68 bits per heavy atom. The van der Waals surface area contributed by atoms with E-state index in [1.165, 1.54) is 48.7 Å². The van der Waals surface area contributed by atoms with Crippen molar-refractivity contribution in [3.8, 4) is 11.3 Å². The SMILES string of the molecule is NS(=O)(=O)c1ccc(-c2ccc(/C=N\Nc3ccccc3C(F)(F)F)o2)cc1. The highest BCUT2D eigenvalue weighted by atomic mass is 32.2. The van der Waals surface area contributed by atoms with Crippen LogP contribution in [-0.4, -0.2) is 14.6 Å². The van der Waals surface area contributed by atoms with Crippen molar-refractivity contribution in [2.75, 3.05) is 5.43 Å². The molecule has 0 spiro atoms. The first-order chi connectivity index (χ1) is 13.1. The molecule has 0 bridgehead atoms. The Labute approximate surface area is 158 Å². The van der Waals surface area contributed by atoms with Gasteiger partial charge in [0.05, 0.1) is 22.4 Å². The van der Waals surface area contributed by atoms with Crippen LogP contribution in [0.5, 0.6) is 0 Å². The topological polar surface area (TPSA) is 97.7 Å². The van der Waals surface area contributed by atoms with E-state index in [9.17, 15) is 21.6 Å². The second-order valence-electron chi connectivity index (χ2n) is 5.68. The van der Waals surface area contributed by atoms with Crippen LogP contribution < -0.4 is 10.6 Å². The fraction of sp³-hybridized carbons (Fsp3) is 0.0556. The Kier molecular flexibility index (Phi) is 5.25. The van der Waals surface area contributed by atoms with Crippen LogP contribution in [0.2, 0.25) is 0 Å². The number of rotatable bonds is 5. The van der Waals surface area contributed by atoms with Crippen molar-refractivity contribution >= 4 is 21.9 Å². The van der Waals surface area contributed by atoms with E-state index >= 15 is 0 Å². The lowest BCUT2D eigenvalue weighted by atomic mass is 10.2. The first-order valence-corrected chi connectivity index (χ1v) is 9.37. The Morgan fingerprint density at radius 3 is 2.32 bits per heavy atom. The van der Waals surface area contributed by atoms with E-state index in [1.807, 2.05) is 0 Å². The van der Waals surface area contributed by atoms with Gasteiger partial charge in [-0.05, 0) is 48.5 Å². The fourth-order valence-electron chi connectivity index (χ4n) is 2.38. The van der Waals surface area contributed by atoms with Gasteiger partial charge in [-0.15, -0.1) is 0 Å².